The highest BCUT2D eigenvalue weighted by Crippen LogP contribution is 2.28. The number of thiocarbonyl (C=S) groups is 1. The summed E-state index contributed by atoms with van der Waals surface area (Å²) in [6.45, 7) is 3.62. The highest BCUT2D eigenvalue weighted by Gasteiger charge is 2.33. The predicted molar refractivity (Wildman–Crippen MR) is 76.8 cm³/mol. The van der Waals surface area contributed by atoms with Crippen molar-refractivity contribution in [1.82, 2.24) is 10.3 Å². The molecule has 1 rings (SSSR count). The Morgan fingerprint density at radius 2 is 1.90 bits per heavy atom. The SMILES string of the molecule is CCC(CC)(NC(=O)c1ccc(C(F)(F)F)cn1)C(N)=S. The maximum atomic E-state index is 12.4. The Morgan fingerprint density at radius 3 is 2.24 bits per heavy atom. The number of nitrogens with two attached hydrogens (primary N) is 1. The van der Waals surface area contributed by atoms with Gasteiger partial charge >= 0.3 is 6.18 Å². The highest BCUT2D eigenvalue weighted by atomic mass is 32.1. The van der Waals surface area contributed by atoms with E-state index in [2.05, 4.69) is 10.3 Å². The minimum atomic E-state index is -4.49. The lowest BCUT2D eigenvalue weighted by atomic mass is 9.92. The first-order chi connectivity index (χ1) is 9.66. The molecule has 0 unspecified atom stereocenters. The Labute approximate surface area is 125 Å². The van der Waals surface area contributed by atoms with E-state index in [0.717, 1.165) is 12.1 Å². The van der Waals surface area contributed by atoms with E-state index >= 15 is 0 Å². The fourth-order valence-electron chi connectivity index (χ4n) is 1.81. The topological polar surface area (TPSA) is 68.0 Å². The van der Waals surface area contributed by atoms with E-state index in [1.54, 1.807) is 0 Å². The maximum Gasteiger partial charge on any atom is 0.417 e. The molecule has 0 spiro atoms. The van der Waals surface area contributed by atoms with Crippen molar-refractivity contribution >= 4 is 23.1 Å². The largest absolute Gasteiger partial charge is 0.417 e. The van der Waals surface area contributed by atoms with Gasteiger partial charge in [-0.15, -0.1) is 0 Å². The average Bonchev–Trinajstić information content (AvgIpc) is 2.43. The molecule has 0 saturated heterocycles. The first kappa shape index (κ1) is 17.4. The number of hydrogen-bond donors (Lipinski definition) is 2. The summed E-state index contributed by atoms with van der Waals surface area (Å²) in [5, 5.41) is 2.65. The zero-order chi connectivity index (χ0) is 16.3. The van der Waals surface area contributed by atoms with Crippen molar-refractivity contribution in [3.05, 3.63) is 29.6 Å². The van der Waals surface area contributed by atoms with E-state index in [-0.39, 0.29) is 10.7 Å². The molecule has 0 fully saturated rings. The minimum absolute atomic E-state index is 0.120. The second-order valence-corrected chi connectivity index (χ2v) is 4.98. The average molecular weight is 319 g/mol. The second kappa shape index (κ2) is 6.38. The van der Waals surface area contributed by atoms with Crippen molar-refractivity contribution in [2.45, 2.75) is 38.4 Å². The highest BCUT2D eigenvalue weighted by molar-refractivity contribution is 7.80. The number of hydrogen-bond acceptors (Lipinski definition) is 3. The van der Waals surface area contributed by atoms with Gasteiger partial charge in [0, 0.05) is 6.20 Å². The lowest BCUT2D eigenvalue weighted by molar-refractivity contribution is -0.137. The minimum Gasteiger partial charge on any atom is -0.391 e. The van der Waals surface area contributed by atoms with Crippen molar-refractivity contribution in [2.24, 2.45) is 5.73 Å². The van der Waals surface area contributed by atoms with Crippen LogP contribution in [0, 0.1) is 0 Å². The molecule has 0 radical (unpaired) electrons. The number of carbonyl (C=O) groups excluding carboxylic acids is 1. The number of nitrogens with one attached hydrogen (secondary N) is 1. The monoisotopic (exact) mass is 319 g/mol. The fourth-order valence-corrected chi connectivity index (χ4v) is 2.15. The number of amides is 1. The summed E-state index contributed by atoms with van der Waals surface area (Å²) in [5.74, 6) is -0.611. The van der Waals surface area contributed by atoms with Gasteiger partial charge in [0.1, 0.15) is 5.69 Å². The van der Waals surface area contributed by atoms with Gasteiger partial charge in [-0.2, -0.15) is 13.2 Å². The molecular weight excluding hydrogens is 303 g/mol. The molecule has 4 nitrogen and oxygen atoms in total. The van der Waals surface area contributed by atoms with Gasteiger partial charge in [-0.05, 0) is 25.0 Å². The molecule has 116 valence electrons. The summed E-state index contributed by atoms with van der Waals surface area (Å²) >= 11 is 4.96. The van der Waals surface area contributed by atoms with Crippen LogP contribution in [0.5, 0.6) is 0 Å². The molecule has 0 aliphatic rings. The number of aromatic nitrogens is 1. The van der Waals surface area contributed by atoms with Crippen LogP contribution in [0.4, 0.5) is 13.2 Å². The maximum absolute atomic E-state index is 12.4. The summed E-state index contributed by atoms with van der Waals surface area (Å²) in [4.78, 5) is 15.7. The van der Waals surface area contributed by atoms with Crippen molar-refractivity contribution in [2.75, 3.05) is 0 Å². The molecule has 3 N–H and O–H groups in total. The van der Waals surface area contributed by atoms with E-state index in [4.69, 9.17) is 18.0 Å². The van der Waals surface area contributed by atoms with Crippen LogP contribution < -0.4 is 11.1 Å². The van der Waals surface area contributed by atoms with Gasteiger partial charge in [0.2, 0.25) is 0 Å². The van der Waals surface area contributed by atoms with Crippen LogP contribution >= 0.6 is 12.2 Å². The van der Waals surface area contributed by atoms with E-state index in [1.165, 1.54) is 0 Å². The van der Waals surface area contributed by atoms with Crippen LogP contribution in [0.3, 0.4) is 0 Å². The third kappa shape index (κ3) is 3.90. The summed E-state index contributed by atoms with van der Waals surface area (Å²) in [6.07, 6.45) is -2.91. The summed E-state index contributed by atoms with van der Waals surface area (Å²) in [7, 11) is 0. The van der Waals surface area contributed by atoms with E-state index < -0.39 is 23.2 Å². The van der Waals surface area contributed by atoms with Crippen LogP contribution in [0.25, 0.3) is 0 Å². The number of carbonyl (C=O) groups is 1. The van der Waals surface area contributed by atoms with Gasteiger partial charge < -0.3 is 11.1 Å². The van der Waals surface area contributed by atoms with Gasteiger partial charge in [-0.25, -0.2) is 0 Å². The molecule has 0 aliphatic carbocycles. The molecule has 1 aromatic heterocycles. The molecule has 0 atom stereocenters. The van der Waals surface area contributed by atoms with Crippen molar-refractivity contribution in [3.63, 3.8) is 0 Å². The van der Waals surface area contributed by atoms with E-state index in [9.17, 15) is 18.0 Å². The molecule has 8 heteroatoms. The van der Waals surface area contributed by atoms with E-state index in [1.807, 2.05) is 13.8 Å². The predicted octanol–water partition coefficient (Wildman–Crippen LogP) is 2.68. The molecule has 0 saturated carbocycles. The van der Waals surface area contributed by atoms with Crippen molar-refractivity contribution in [3.8, 4) is 0 Å². The molecule has 1 heterocycles. The van der Waals surface area contributed by atoms with Gasteiger partial charge in [-0.3, -0.25) is 9.78 Å². The van der Waals surface area contributed by atoms with Gasteiger partial charge in [-0.1, -0.05) is 26.1 Å². The molecule has 1 amide bonds. The third-order valence-corrected chi connectivity index (χ3v) is 3.75. The normalized spacial score (nSPS) is 12.0. The number of nitrogens with zero attached hydrogens (tertiary/aromatic N) is 1. The zero-order valence-corrected chi connectivity index (χ0v) is 12.4. The van der Waals surface area contributed by atoms with Crippen LogP contribution in [-0.4, -0.2) is 21.4 Å². The molecule has 21 heavy (non-hydrogen) atoms. The Hall–Kier alpha value is -1.70. The number of halogens is 3. The lowest BCUT2D eigenvalue weighted by Gasteiger charge is -2.31. The summed E-state index contributed by atoms with van der Waals surface area (Å²) in [6, 6.07) is 1.83. The second-order valence-electron chi connectivity index (χ2n) is 4.54. The first-order valence-corrected chi connectivity index (χ1v) is 6.72. The van der Waals surface area contributed by atoms with Crippen LogP contribution in [0.1, 0.15) is 42.7 Å². The van der Waals surface area contributed by atoms with E-state index in [0.29, 0.717) is 19.0 Å². The van der Waals surface area contributed by atoms with Gasteiger partial charge in [0.15, 0.2) is 0 Å². The van der Waals surface area contributed by atoms with Gasteiger partial charge in [0.05, 0.1) is 16.1 Å². The third-order valence-electron chi connectivity index (χ3n) is 3.36. The Bertz CT molecular complexity index is 524. The quantitative estimate of drug-likeness (QED) is 0.819. The summed E-state index contributed by atoms with van der Waals surface area (Å²) < 4.78 is 37.3. The Morgan fingerprint density at radius 1 is 1.33 bits per heavy atom. The molecular formula is C13H16F3N3OS. The number of rotatable bonds is 5. The zero-order valence-electron chi connectivity index (χ0n) is 11.6. The van der Waals surface area contributed by atoms with Gasteiger partial charge in [0.25, 0.3) is 5.91 Å². The lowest BCUT2D eigenvalue weighted by Crippen LogP contribution is -2.56. The van der Waals surface area contributed by atoms with Crippen molar-refractivity contribution < 1.29 is 18.0 Å². The smallest absolute Gasteiger partial charge is 0.391 e. The van der Waals surface area contributed by atoms with Crippen LogP contribution in [-0.2, 0) is 6.18 Å². The Kier molecular flexibility index (Phi) is 5.27. The molecule has 0 bridgehead atoms. The first-order valence-electron chi connectivity index (χ1n) is 6.32. The fraction of sp³-hybridized carbons (Fsp3) is 0.462. The number of pyridine rings is 1. The van der Waals surface area contributed by atoms with Crippen LogP contribution in [0.15, 0.2) is 18.3 Å². The van der Waals surface area contributed by atoms with Crippen LogP contribution in [0.2, 0.25) is 0 Å². The van der Waals surface area contributed by atoms with Crippen molar-refractivity contribution in [1.29, 1.82) is 0 Å². The number of alkyl halides is 3. The Balaban J connectivity index is 2.96. The standard InChI is InChI=1S/C13H16F3N3OS/c1-3-12(4-2,11(17)21)19-10(20)9-6-5-8(7-18-9)13(14,15)16/h5-7H,3-4H2,1-2H3,(H2,17,21)(H,19,20). The molecule has 0 aliphatic heterocycles. The molecule has 1 aromatic rings. The summed E-state index contributed by atoms with van der Waals surface area (Å²) in [5.41, 5.74) is 3.75. The molecule has 0 aromatic carbocycles.